The molecule has 1 N–H and O–H groups in total. The molecular formula is C24H20O3. The van der Waals surface area contributed by atoms with Crippen molar-refractivity contribution in [1.29, 1.82) is 0 Å². The minimum atomic E-state index is -1.12. The molecule has 3 heteroatoms. The summed E-state index contributed by atoms with van der Waals surface area (Å²) in [5, 5.41) is 9.70. The highest BCUT2D eigenvalue weighted by molar-refractivity contribution is 6.15. The second-order valence-electron chi connectivity index (χ2n) is 6.36. The van der Waals surface area contributed by atoms with Crippen LogP contribution >= 0.6 is 0 Å². The summed E-state index contributed by atoms with van der Waals surface area (Å²) in [6, 6.07) is 20.2. The van der Waals surface area contributed by atoms with Gasteiger partial charge in [-0.2, -0.15) is 0 Å². The second-order valence-corrected chi connectivity index (χ2v) is 6.36. The maximum absolute atomic E-state index is 13.1. The number of aromatic carboxylic acids is 1. The highest BCUT2D eigenvalue weighted by Gasteiger charge is 2.24. The zero-order valence-electron chi connectivity index (χ0n) is 15.1. The Morgan fingerprint density at radius 1 is 1.00 bits per heavy atom. The summed E-state index contributed by atoms with van der Waals surface area (Å²) in [6.07, 6.45) is 2.25. The number of ketones is 1. The van der Waals surface area contributed by atoms with Crippen molar-refractivity contribution in [2.45, 2.75) is 13.3 Å². The molecule has 3 nitrogen and oxygen atoms in total. The van der Waals surface area contributed by atoms with Crippen LogP contribution in [0.1, 0.15) is 48.5 Å². The van der Waals surface area contributed by atoms with Gasteiger partial charge in [0, 0.05) is 11.1 Å². The van der Waals surface area contributed by atoms with E-state index in [1.165, 1.54) is 0 Å². The predicted molar refractivity (Wildman–Crippen MR) is 107 cm³/mol. The van der Waals surface area contributed by atoms with E-state index in [2.05, 4.69) is 6.58 Å². The molecule has 0 radical (unpaired) electrons. The van der Waals surface area contributed by atoms with Crippen LogP contribution in [0.5, 0.6) is 0 Å². The smallest absolute Gasteiger partial charge is 0.336 e. The largest absolute Gasteiger partial charge is 0.478 e. The molecule has 0 heterocycles. The minimum Gasteiger partial charge on any atom is -0.478 e. The highest BCUT2D eigenvalue weighted by atomic mass is 16.4. The van der Waals surface area contributed by atoms with Gasteiger partial charge in [0.25, 0.3) is 0 Å². The van der Waals surface area contributed by atoms with Gasteiger partial charge in [-0.05, 0) is 41.7 Å². The molecule has 3 rings (SSSR count). The second kappa shape index (κ2) is 7.83. The molecule has 0 unspecified atom stereocenters. The average Bonchev–Trinajstić information content (AvgIpc) is 2.70. The maximum Gasteiger partial charge on any atom is 0.336 e. The van der Waals surface area contributed by atoms with Gasteiger partial charge in [0.2, 0.25) is 0 Å². The number of carbonyl (C=O) groups is 2. The van der Waals surface area contributed by atoms with Crippen LogP contribution in [0.2, 0.25) is 0 Å². The molecule has 0 aromatic heterocycles. The van der Waals surface area contributed by atoms with E-state index in [1.54, 1.807) is 36.4 Å². The topological polar surface area (TPSA) is 54.4 Å². The van der Waals surface area contributed by atoms with Crippen molar-refractivity contribution >= 4 is 17.8 Å². The van der Waals surface area contributed by atoms with Crippen molar-refractivity contribution in [3.8, 4) is 0 Å². The fourth-order valence-corrected chi connectivity index (χ4v) is 3.30. The first-order chi connectivity index (χ1) is 13.0. The van der Waals surface area contributed by atoms with Gasteiger partial charge in [-0.3, -0.25) is 4.79 Å². The Hall–Kier alpha value is -3.46. The molecule has 0 bridgehead atoms. The molecule has 27 heavy (non-hydrogen) atoms. The molecule has 0 aliphatic rings. The number of rotatable bonds is 6. The van der Waals surface area contributed by atoms with E-state index >= 15 is 0 Å². The Bertz CT molecular complexity index is 1000. The molecule has 0 saturated heterocycles. The SMILES string of the molecule is C=Cc1cc(C(=O)O)c(C(=O)c2ccccc2)c(C)c1Cc1ccccc1. The molecule has 3 aromatic rings. The molecule has 0 spiro atoms. The van der Waals surface area contributed by atoms with Crippen LogP contribution in [0.3, 0.4) is 0 Å². The third kappa shape index (κ3) is 3.72. The Morgan fingerprint density at radius 2 is 1.59 bits per heavy atom. The Kier molecular flexibility index (Phi) is 5.32. The summed E-state index contributed by atoms with van der Waals surface area (Å²) in [5.41, 5.74) is 4.14. The number of hydrogen-bond acceptors (Lipinski definition) is 2. The first kappa shape index (κ1) is 18.3. The number of carboxylic acids is 1. The monoisotopic (exact) mass is 356 g/mol. The van der Waals surface area contributed by atoms with Crippen LogP contribution in [0.15, 0.2) is 73.3 Å². The van der Waals surface area contributed by atoms with Gasteiger partial charge in [0.05, 0.1) is 5.56 Å². The van der Waals surface area contributed by atoms with Gasteiger partial charge in [-0.1, -0.05) is 73.3 Å². The predicted octanol–water partition coefficient (Wildman–Crippen LogP) is 5.16. The van der Waals surface area contributed by atoms with E-state index in [9.17, 15) is 14.7 Å². The molecule has 3 aromatic carbocycles. The van der Waals surface area contributed by atoms with Gasteiger partial charge in [0.15, 0.2) is 5.78 Å². The summed E-state index contributed by atoms with van der Waals surface area (Å²) in [4.78, 5) is 25.0. The maximum atomic E-state index is 13.1. The first-order valence-electron chi connectivity index (χ1n) is 8.68. The van der Waals surface area contributed by atoms with Crippen molar-refractivity contribution in [3.63, 3.8) is 0 Å². The summed E-state index contributed by atoms with van der Waals surface area (Å²) in [6.45, 7) is 5.64. The van der Waals surface area contributed by atoms with E-state index in [4.69, 9.17) is 0 Å². The molecule has 0 aliphatic heterocycles. The minimum absolute atomic E-state index is 0.00747. The van der Waals surface area contributed by atoms with E-state index in [0.717, 1.165) is 16.7 Å². The summed E-state index contributed by atoms with van der Waals surface area (Å²) in [5.74, 6) is -1.40. The Labute approximate surface area is 158 Å². The van der Waals surface area contributed by atoms with Crippen LogP contribution in [0.25, 0.3) is 6.08 Å². The molecule has 134 valence electrons. The normalized spacial score (nSPS) is 10.4. The molecular weight excluding hydrogens is 336 g/mol. The average molecular weight is 356 g/mol. The van der Waals surface area contributed by atoms with Crippen molar-refractivity contribution in [2.75, 3.05) is 0 Å². The first-order valence-corrected chi connectivity index (χ1v) is 8.68. The lowest BCUT2D eigenvalue weighted by molar-refractivity contribution is 0.0692. The van der Waals surface area contributed by atoms with Crippen molar-refractivity contribution in [3.05, 3.63) is 112 Å². The summed E-state index contributed by atoms with van der Waals surface area (Å²) >= 11 is 0. The van der Waals surface area contributed by atoms with Gasteiger partial charge >= 0.3 is 5.97 Å². The van der Waals surface area contributed by atoms with Crippen molar-refractivity contribution in [1.82, 2.24) is 0 Å². The number of carboxylic acid groups (broad SMARTS) is 1. The van der Waals surface area contributed by atoms with Gasteiger partial charge in [0.1, 0.15) is 0 Å². The summed E-state index contributed by atoms with van der Waals surface area (Å²) in [7, 11) is 0. The molecule has 0 saturated carbocycles. The zero-order chi connectivity index (χ0) is 19.4. The van der Waals surface area contributed by atoms with Gasteiger partial charge < -0.3 is 5.11 Å². The molecule has 0 atom stereocenters. The van der Waals surface area contributed by atoms with Crippen molar-refractivity contribution < 1.29 is 14.7 Å². The zero-order valence-corrected chi connectivity index (χ0v) is 15.1. The Morgan fingerprint density at radius 3 is 2.15 bits per heavy atom. The van der Waals surface area contributed by atoms with Crippen molar-refractivity contribution in [2.24, 2.45) is 0 Å². The third-order valence-electron chi connectivity index (χ3n) is 4.68. The fourth-order valence-electron chi connectivity index (χ4n) is 3.30. The van der Waals surface area contributed by atoms with Gasteiger partial charge in [-0.15, -0.1) is 0 Å². The van der Waals surface area contributed by atoms with Crippen LogP contribution in [-0.2, 0) is 6.42 Å². The van der Waals surface area contributed by atoms with Crippen LogP contribution in [-0.4, -0.2) is 16.9 Å². The highest BCUT2D eigenvalue weighted by Crippen LogP contribution is 2.28. The quantitative estimate of drug-likeness (QED) is 0.621. The lowest BCUT2D eigenvalue weighted by Gasteiger charge is -2.17. The molecule has 0 aliphatic carbocycles. The lowest BCUT2D eigenvalue weighted by Crippen LogP contribution is -2.15. The fraction of sp³-hybridized carbons (Fsp3) is 0.0833. The van der Waals surface area contributed by atoms with E-state index in [-0.39, 0.29) is 16.9 Å². The standard InChI is InChI=1S/C24H20O3/c1-3-18-15-21(24(26)27)22(23(25)19-12-8-5-9-13-19)16(2)20(18)14-17-10-6-4-7-11-17/h3-13,15H,1,14H2,2H3,(H,26,27). The van der Waals surface area contributed by atoms with E-state index < -0.39 is 5.97 Å². The van der Waals surface area contributed by atoms with Crippen LogP contribution < -0.4 is 0 Å². The third-order valence-corrected chi connectivity index (χ3v) is 4.68. The van der Waals surface area contributed by atoms with Crippen LogP contribution in [0.4, 0.5) is 0 Å². The Balaban J connectivity index is 2.22. The number of hydrogen-bond donors (Lipinski definition) is 1. The van der Waals surface area contributed by atoms with Crippen LogP contribution in [0, 0.1) is 6.92 Å². The summed E-state index contributed by atoms with van der Waals surface area (Å²) < 4.78 is 0. The van der Waals surface area contributed by atoms with E-state index in [0.29, 0.717) is 17.5 Å². The lowest BCUT2D eigenvalue weighted by atomic mass is 9.85. The molecule has 0 fully saturated rings. The van der Waals surface area contributed by atoms with E-state index in [1.807, 2.05) is 43.3 Å². The number of benzene rings is 3. The van der Waals surface area contributed by atoms with Gasteiger partial charge in [-0.25, -0.2) is 4.79 Å². The molecule has 0 amide bonds. The number of carbonyl (C=O) groups excluding carboxylic acids is 1.